The molecule has 0 spiro atoms. The van der Waals surface area contributed by atoms with Crippen molar-refractivity contribution in [2.75, 3.05) is 19.5 Å². The van der Waals surface area contributed by atoms with E-state index in [4.69, 9.17) is 11.6 Å². The van der Waals surface area contributed by atoms with Gasteiger partial charge in [-0.25, -0.2) is 9.10 Å². The molecule has 0 radical (unpaired) electrons. The van der Waals surface area contributed by atoms with Crippen LogP contribution >= 0.6 is 41.9 Å². The van der Waals surface area contributed by atoms with Crippen molar-refractivity contribution in [3.05, 3.63) is 17.5 Å². The average molecular weight is 376 g/mol. The highest BCUT2D eigenvalue weighted by atomic mass is 127. The van der Waals surface area contributed by atoms with E-state index in [1.807, 2.05) is 0 Å². The predicted octanol–water partition coefficient (Wildman–Crippen LogP) is 2.24. The maximum absolute atomic E-state index is 11.2. The van der Waals surface area contributed by atoms with E-state index in [1.54, 1.807) is 15.2 Å². The van der Waals surface area contributed by atoms with Crippen molar-refractivity contribution < 1.29 is 9.53 Å². The molecule has 0 bridgehead atoms. The molecule has 1 heterocycles. The zero-order valence-corrected chi connectivity index (χ0v) is 12.3. The van der Waals surface area contributed by atoms with E-state index in [0.717, 1.165) is 12.2 Å². The number of nitrogens with zero attached hydrogens (tertiary/aromatic N) is 2. The molecule has 0 atom stereocenters. The molecule has 0 aliphatic rings. The fraction of sp³-hybridized carbons (Fsp3) is 0.500. The van der Waals surface area contributed by atoms with Crippen LogP contribution in [0, 0.1) is 0 Å². The molecule has 8 heteroatoms. The van der Waals surface area contributed by atoms with Crippen molar-refractivity contribution in [2.24, 2.45) is 0 Å². The quantitative estimate of drug-likeness (QED) is 0.358. The van der Waals surface area contributed by atoms with Crippen molar-refractivity contribution >= 4 is 47.9 Å². The fourth-order valence-electron chi connectivity index (χ4n) is 1.07. The lowest BCUT2D eigenvalue weighted by Crippen LogP contribution is -2.16. The first-order chi connectivity index (χ1) is 7.71. The zero-order valence-electron chi connectivity index (χ0n) is 8.57. The maximum Gasteiger partial charge on any atom is 0.358 e. The smallest absolute Gasteiger partial charge is 0.358 e. The maximum atomic E-state index is 11.2. The molecule has 1 N–H and O–H groups in total. The third-order valence-electron chi connectivity index (χ3n) is 1.80. The summed E-state index contributed by atoms with van der Waals surface area (Å²) >= 11 is 7.85. The number of ether oxygens (including phenoxy) is 1. The summed E-state index contributed by atoms with van der Waals surface area (Å²) in [6.45, 7) is 1.42. The van der Waals surface area contributed by atoms with Gasteiger partial charge >= 0.3 is 5.97 Å². The Morgan fingerprint density at radius 3 is 3.12 bits per heavy atom. The van der Waals surface area contributed by atoms with E-state index >= 15 is 0 Å². The first-order valence-electron chi connectivity index (χ1n) is 4.43. The Labute approximate surface area is 115 Å². The Kier molecular flexibility index (Phi) is 6.47. The fourth-order valence-corrected chi connectivity index (χ4v) is 2.74. The number of methoxy groups -OCH3 is 1. The van der Waals surface area contributed by atoms with E-state index < -0.39 is 5.97 Å². The van der Waals surface area contributed by atoms with Crippen molar-refractivity contribution in [1.82, 2.24) is 14.5 Å². The second kappa shape index (κ2) is 7.36. The van der Waals surface area contributed by atoms with Crippen LogP contribution in [-0.4, -0.2) is 40.0 Å². The number of rotatable bonds is 6. The molecule has 0 fully saturated rings. The second-order valence-electron chi connectivity index (χ2n) is 2.89. The Bertz CT molecular complexity index is 350. The summed E-state index contributed by atoms with van der Waals surface area (Å²) in [6.07, 6.45) is 0. The van der Waals surface area contributed by atoms with Gasteiger partial charge in [0.25, 0.3) is 0 Å². The Morgan fingerprint density at radius 2 is 2.56 bits per heavy atom. The van der Waals surface area contributed by atoms with Crippen molar-refractivity contribution in [1.29, 1.82) is 0 Å². The highest BCUT2D eigenvalue weighted by molar-refractivity contribution is 14.2. The molecule has 0 saturated heterocycles. The summed E-state index contributed by atoms with van der Waals surface area (Å²) < 4.78 is 6.62. The van der Waals surface area contributed by atoms with Crippen LogP contribution in [0.1, 0.15) is 16.2 Å². The molecule has 1 aromatic rings. The standard InChI is InChI=1S/C8H11ClIN3O2S/c1-15-8(14)7-4-6(11-12-7)5-13(16-10)3-2-9/h4H,2-3,5H2,1H3,(H,11,12). The highest BCUT2D eigenvalue weighted by Gasteiger charge is 2.12. The summed E-state index contributed by atoms with van der Waals surface area (Å²) in [5, 5.41) is 6.66. The summed E-state index contributed by atoms with van der Waals surface area (Å²) in [7, 11) is 2.90. The highest BCUT2D eigenvalue weighted by Crippen LogP contribution is 2.20. The Morgan fingerprint density at radius 1 is 1.81 bits per heavy atom. The lowest BCUT2D eigenvalue weighted by atomic mass is 10.3. The van der Waals surface area contributed by atoms with Gasteiger partial charge in [0.05, 0.1) is 19.3 Å². The topological polar surface area (TPSA) is 58.2 Å². The summed E-state index contributed by atoms with van der Waals surface area (Å²) in [6, 6.07) is 1.68. The van der Waals surface area contributed by atoms with Gasteiger partial charge in [0.1, 0.15) is 0 Å². The second-order valence-corrected chi connectivity index (χ2v) is 5.11. The molecular formula is C8H11ClIN3O2S. The zero-order chi connectivity index (χ0) is 12.0. The molecule has 0 aliphatic carbocycles. The van der Waals surface area contributed by atoms with Gasteiger partial charge < -0.3 is 4.74 Å². The summed E-state index contributed by atoms with van der Waals surface area (Å²) in [5.41, 5.74) is 1.15. The SMILES string of the molecule is COC(=O)c1cc(CN(CCCl)SI)[nH]n1. The number of H-pyrrole nitrogens is 1. The average Bonchev–Trinajstić information content (AvgIpc) is 2.76. The number of esters is 1. The number of carbonyl (C=O) groups is 1. The van der Waals surface area contributed by atoms with Crippen LogP contribution in [-0.2, 0) is 11.3 Å². The molecular weight excluding hydrogens is 365 g/mol. The molecule has 0 unspecified atom stereocenters. The van der Waals surface area contributed by atoms with Gasteiger partial charge in [-0.15, -0.1) is 11.6 Å². The van der Waals surface area contributed by atoms with Crippen molar-refractivity contribution in [2.45, 2.75) is 6.54 Å². The van der Waals surface area contributed by atoms with Crippen LogP contribution in [0.25, 0.3) is 0 Å². The van der Waals surface area contributed by atoms with Crippen molar-refractivity contribution in [3.8, 4) is 0 Å². The van der Waals surface area contributed by atoms with Gasteiger partial charge in [-0.3, -0.25) is 5.10 Å². The number of hydrogen-bond acceptors (Lipinski definition) is 5. The van der Waals surface area contributed by atoms with E-state index in [0.29, 0.717) is 18.1 Å². The van der Waals surface area contributed by atoms with Crippen LogP contribution in [0.2, 0.25) is 0 Å². The van der Waals surface area contributed by atoms with Crippen LogP contribution in [0.3, 0.4) is 0 Å². The first-order valence-corrected chi connectivity index (χ1v) is 8.28. The van der Waals surface area contributed by atoms with E-state index in [1.165, 1.54) is 7.11 Å². The van der Waals surface area contributed by atoms with Gasteiger partial charge in [-0.2, -0.15) is 5.10 Å². The lowest BCUT2D eigenvalue weighted by Gasteiger charge is -2.14. The van der Waals surface area contributed by atoms with Crippen LogP contribution in [0.15, 0.2) is 6.07 Å². The van der Waals surface area contributed by atoms with Gasteiger partial charge in [-0.1, -0.05) is 0 Å². The molecule has 0 aromatic carbocycles. The van der Waals surface area contributed by atoms with Gasteiger partial charge in [0, 0.05) is 33.6 Å². The third kappa shape index (κ3) is 4.11. The molecule has 0 amide bonds. The number of alkyl halides is 1. The normalized spacial score (nSPS) is 10.8. The predicted molar refractivity (Wildman–Crippen MR) is 72.7 cm³/mol. The first kappa shape index (κ1) is 14.1. The number of hydrogen-bond donors (Lipinski definition) is 1. The monoisotopic (exact) mass is 375 g/mol. The number of carbonyl (C=O) groups excluding carboxylic acids is 1. The molecule has 90 valence electrons. The van der Waals surface area contributed by atoms with Crippen LogP contribution in [0.5, 0.6) is 0 Å². The van der Waals surface area contributed by atoms with Crippen molar-refractivity contribution in [3.63, 3.8) is 0 Å². The third-order valence-corrected chi connectivity index (χ3v) is 4.15. The van der Waals surface area contributed by atoms with E-state index in [2.05, 4.69) is 40.4 Å². The number of nitrogens with one attached hydrogen (secondary N) is 1. The molecule has 1 aromatic heterocycles. The minimum atomic E-state index is -0.437. The van der Waals surface area contributed by atoms with Gasteiger partial charge in [0.2, 0.25) is 0 Å². The summed E-state index contributed by atoms with van der Waals surface area (Å²) in [5.74, 6) is 0.127. The largest absolute Gasteiger partial charge is 0.464 e. The van der Waals surface area contributed by atoms with Gasteiger partial charge in [-0.05, 0) is 15.2 Å². The molecule has 1 rings (SSSR count). The van der Waals surface area contributed by atoms with Gasteiger partial charge in [0.15, 0.2) is 5.69 Å². The Balaban J connectivity index is 2.60. The number of aromatic nitrogens is 2. The number of halogens is 2. The van der Waals surface area contributed by atoms with E-state index in [-0.39, 0.29) is 0 Å². The lowest BCUT2D eigenvalue weighted by molar-refractivity contribution is 0.0594. The molecule has 16 heavy (non-hydrogen) atoms. The van der Waals surface area contributed by atoms with E-state index in [9.17, 15) is 4.79 Å². The Hall–Kier alpha value is 0.01000. The minimum Gasteiger partial charge on any atom is -0.464 e. The summed E-state index contributed by atoms with van der Waals surface area (Å²) in [4.78, 5) is 11.2. The molecule has 5 nitrogen and oxygen atoms in total. The number of aromatic amines is 1. The molecule has 0 aliphatic heterocycles. The van der Waals surface area contributed by atoms with Crippen LogP contribution in [0.4, 0.5) is 0 Å². The minimum absolute atomic E-state index is 0.293. The molecule has 0 saturated carbocycles. The van der Waals surface area contributed by atoms with Crippen LogP contribution < -0.4 is 0 Å².